The molecule has 5 fully saturated rings. The topological polar surface area (TPSA) is 486 Å². The van der Waals surface area contributed by atoms with Crippen LogP contribution in [0.1, 0.15) is 6.42 Å². The lowest BCUT2D eigenvalue weighted by Gasteiger charge is -2.49. The van der Waals surface area contributed by atoms with Gasteiger partial charge >= 0.3 is 0 Å². The fraction of sp³-hybridized carbons (Fsp3) is 0.944. The van der Waals surface area contributed by atoms with E-state index < -0.39 is 224 Å². The SMILES string of the molecule is OCCC1OC2OC(CO)C(OC3OC(CO)C(OC4OC(CO)C(OC5OC(CO)C(OC6OC(CO)C(OC(O)C(O)=C1O)C(O)C6O)C(O)C5O)C(O)C4O)C(O)C3O)C(O)C2O. The number of hydrogen-bond donors (Lipinski definition) is 19. The smallest absolute Gasteiger partial charge is 0.218 e. The van der Waals surface area contributed by atoms with E-state index in [1.165, 1.54) is 0 Å². The Hall–Kier alpha value is -1.78. The number of rotatable bonds is 7. The molecule has 13 aliphatic heterocycles. The fourth-order valence-electron chi connectivity index (χ4n) is 8.34. The summed E-state index contributed by atoms with van der Waals surface area (Å²) in [7, 11) is 0. The van der Waals surface area contributed by atoms with Gasteiger partial charge in [-0.2, -0.15) is 0 Å². The molecule has 27 atom stereocenters. The summed E-state index contributed by atoms with van der Waals surface area (Å²) < 4.78 is 61.3. The molecule has 30 nitrogen and oxygen atoms in total. The van der Waals surface area contributed by atoms with Crippen LogP contribution in [0.5, 0.6) is 0 Å². The Morgan fingerprint density at radius 2 is 0.530 bits per heavy atom. The van der Waals surface area contributed by atoms with Gasteiger partial charge in [-0.1, -0.05) is 0 Å². The van der Waals surface area contributed by atoms with Crippen molar-refractivity contribution in [2.75, 3.05) is 39.6 Å². The quantitative estimate of drug-likeness (QED) is 0.113. The second kappa shape index (κ2) is 23.0. The third kappa shape index (κ3) is 10.8. The van der Waals surface area contributed by atoms with Crippen molar-refractivity contribution in [3.63, 3.8) is 0 Å². The number of hydrogen-bond acceptors (Lipinski definition) is 30. The van der Waals surface area contributed by atoms with Gasteiger partial charge in [-0.25, -0.2) is 0 Å². The number of ether oxygens (including phenoxy) is 11. The molecule has 13 aliphatic rings. The zero-order valence-electron chi connectivity index (χ0n) is 34.5. The van der Waals surface area contributed by atoms with Crippen molar-refractivity contribution in [3.05, 3.63) is 11.5 Å². The van der Waals surface area contributed by atoms with Crippen molar-refractivity contribution >= 4 is 0 Å². The van der Waals surface area contributed by atoms with Crippen molar-refractivity contribution in [1.29, 1.82) is 0 Å². The second-order valence-corrected chi connectivity index (χ2v) is 16.3. The monoisotopic (exact) mass is 972 g/mol. The molecule has 0 spiro atoms. The summed E-state index contributed by atoms with van der Waals surface area (Å²) in [6.45, 7) is -5.96. The highest BCUT2D eigenvalue weighted by Crippen LogP contribution is 2.37. The highest BCUT2D eigenvalue weighted by molar-refractivity contribution is 5.08. The maximum Gasteiger partial charge on any atom is 0.218 e. The lowest BCUT2D eigenvalue weighted by atomic mass is 9.95. The Morgan fingerprint density at radius 1 is 0.288 bits per heavy atom. The van der Waals surface area contributed by atoms with E-state index in [0.29, 0.717) is 0 Å². The minimum Gasteiger partial charge on any atom is -0.506 e. The van der Waals surface area contributed by atoms with Crippen molar-refractivity contribution in [2.24, 2.45) is 0 Å². The molecule has 0 saturated carbocycles. The van der Waals surface area contributed by atoms with Gasteiger partial charge in [-0.05, 0) is 0 Å². The van der Waals surface area contributed by atoms with Crippen LogP contribution in [0.15, 0.2) is 11.5 Å². The number of aliphatic hydroxyl groups is 19. The van der Waals surface area contributed by atoms with Crippen LogP contribution >= 0.6 is 0 Å². The molecule has 0 aliphatic carbocycles. The molecule has 13 rings (SSSR count). The van der Waals surface area contributed by atoms with Crippen LogP contribution in [-0.2, 0) is 52.1 Å². The van der Waals surface area contributed by atoms with E-state index in [9.17, 15) is 97.0 Å². The van der Waals surface area contributed by atoms with Gasteiger partial charge < -0.3 is 149 Å². The molecule has 66 heavy (non-hydrogen) atoms. The highest BCUT2D eigenvalue weighted by atomic mass is 16.8. The number of fused-ring (bicyclic) bond motifs is 1. The molecule has 30 heteroatoms. The van der Waals surface area contributed by atoms with E-state index in [1.54, 1.807) is 0 Å². The average Bonchev–Trinajstić information content (AvgIpc) is 3.31. The predicted octanol–water partition coefficient (Wildman–Crippen LogP) is -11.5. The molecular formula is C36H60O30. The molecule has 13 heterocycles. The zero-order chi connectivity index (χ0) is 48.5. The van der Waals surface area contributed by atoms with Gasteiger partial charge in [-0.15, -0.1) is 0 Å². The van der Waals surface area contributed by atoms with Crippen molar-refractivity contribution < 1.29 is 149 Å². The van der Waals surface area contributed by atoms with Gasteiger partial charge in [0.25, 0.3) is 0 Å². The molecule has 10 bridgehead atoms. The second-order valence-electron chi connectivity index (χ2n) is 16.3. The molecular weight excluding hydrogens is 912 g/mol. The lowest BCUT2D eigenvalue weighted by molar-refractivity contribution is -0.394. The molecule has 0 aromatic heterocycles. The van der Waals surface area contributed by atoms with Gasteiger partial charge in [0, 0.05) is 13.0 Å². The van der Waals surface area contributed by atoms with Crippen LogP contribution in [0, 0.1) is 0 Å². The minimum absolute atomic E-state index is 0.636. The van der Waals surface area contributed by atoms with Crippen LogP contribution in [-0.4, -0.2) is 303 Å². The summed E-state index contributed by atoms with van der Waals surface area (Å²) in [5.74, 6) is -2.77. The van der Waals surface area contributed by atoms with E-state index in [1.807, 2.05) is 0 Å². The van der Waals surface area contributed by atoms with E-state index in [0.717, 1.165) is 0 Å². The van der Waals surface area contributed by atoms with E-state index in [4.69, 9.17) is 52.1 Å². The zero-order valence-corrected chi connectivity index (χ0v) is 34.5. The maximum absolute atomic E-state index is 11.2. The summed E-state index contributed by atoms with van der Waals surface area (Å²) in [4.78, 5) is 0. The van der Waals surface area contributed by atoms with Crippen LogP contribution in [0.2, 0.25) is 0 Å². The van der Waals surface area contributed by atoms with Crippen LogP contribution in [0.25, 0.3) is 0 Å². The van der Waals surface area contributed by atoms with Crippen LogP contribution in [0.4, 0.5) is 0 Å². The van der Waals surface area contributed by atoms with E-state index in [2.05, 4.69) is 0 Å². The molecule has 27 unspecified atom stereocenters. The molecule has 0 radical (unpaired) electrons. The normalized spacial score (nSPS) is 51.4. The predicted molar refractivity (Wildman–Crippen MR) is 198 cm³/mol. The van der Waals surface area contributed by atoms with E-state index >= 15 is 0 Å². The first-order valence-electron chi connectivity index (χ1n) is 20.8. The van der Waals surface area contributed by atoms with Crippen molar-refractivity contribution in [1.82, 2.24) is 0 Å². The average molecular weight is 973 g/mol. The molecule has 0 amide bonds. The first-order chi connectivity index (χ1) is 31.3. The Balaban J connectivity index is 1.33. The third-order valence-electron chi connectivity index (χ3n) is 12.0. The summed E-state index contributed by atoms with van der Waals surface area (Å²) in [6.07, 6.45) is -54.9. The van der Waals surface area contributed by atoms with Gasteiger partial charge in [0.05, 0.1) is 33.0 Å². The maximum atomic E-state index is 11.2. The Bertz CT molecular complexity index is 1540. The van der Waals surface area contributed by atoms with Crippen LogP contribution in [0.3, 0.4) is 0 Å². The minimum atomic E-state index is -2.65. The summed E-state index contributed by atoms with van der Waals surface area (Å²) >= 11 is 0. The van der Waals surface area contributed by atoms with Crippen LogP contribution < -0.4 is 0 Å². The lowest BCUT2D eigenvalue weighted by Crippen LogP contribution is -2.68. The van der Waals surface area contributed by atoms with Gasteiger partial charge in [-0.3, -0.25) is 0 Å². The largest absolute Gasteiger partial charge is 0.506 e. The first-order valence-corrected chi connectivity index (χ1v) is 20.8. The standard InChI is InChI=1S/C36H60O30/c37-2-1-8-14(43)20(49)31(55)62-26-9(3-38)58-33(22(51)15(26)44)64-28-11(5-40)60-35(24(53)17(28)46)66-30-13(7-42)61-36(25(54)19(30)48)65-29-12(6-41)59-34(23(52)18(29)47)63-27-10(4-39)57-32(56-8)21(50)16(27)45/h8-13,15-19,21-55H,1-7H2. The summed E-state index contributed by atoms with van der Waals surface area (Å²) in [5.41, 5.74) is 0. The van der Waals surface area contributed by atoms with Crippen molar-refractivity contribution in [2.45, 2.75) is 172 Å². The molecule has 384 valence electrons. The molecule has 0 aromatic carbocycles. The Labute approximate surface area is 372 Å². The van der Waals surface area contributed by atoms with Gasteiger partial charge in [0.1, 0.15) is 128 Å². The molecule has 19 N–H and O–H groups in total. The van der Waals surface area contributed by atoms with Crippen molar-refractivity contribution in [3.8, 4) is 0 Å². The van der Waals surface area contributed by atoms with Gasteiger partial charge in [0.2, 0.25) is 6.29 Å². The molecule has 0 aromatic rings. The van der Waals surface area contributed by atoms with E-state index in [-0.39, 0.29) is 0 Å². The molecule has 5 saturated heterocycles. The Morgan fingerprint density at radius 3 is 0.773 bits per heavy atom. The summed E-state index contributed by atoms with van der Waals surface area (Å²) in [5, 5.41) is 205. The number of aliphatic hydroxyl groups excluding tert-OH is 19. The highest BCUT2D eigenvalue weighted by Gasteiger charge is 2.57. The first kappa shape index (κ1) is 53.6. The fourth-order valence-corrected chi connectivity index (χ4v) is 8.34. The summed E-state index contributed by atoms with van der Waals surface area (Å²) in [6, 6.07) is 0. The Kier molecular flexibility index (Phi) is 18.6. The van der Waals surface area contributed by atoms with Gasteiger partial charge in [0.15, 0.2) is 43.0 Å². The third-order valence-corrected chi connectivity index (χ3v) is 12.0.